The van der Waals surface area contributed by atoms with Crippen molar-refractivity contribution in [3.63, 3.8) is 0 Å². The molecule has 0 radical (unpaired) electrons. The molecule has 0 unspecified atom stereocenters. The topological polar surface area (TPSA) is 85.1 Å². The monoisotopic (exact) mass is 328 g/mol. The minimum Gasteiger partial charge on any atom is -0.319 e. The number of nitrogens with zero attached hydrogens (tertiary/aromatic N) is 5. The Morgan fingerprint density at radius 1 is 1.41 bits per heavy atom. The fourth-order valence-corrected chi connectivity index (χ4v) is 2.26. The number of carbonyl (C=O) groups is 1. The second-order valence-electron chi connectivity index (χ2n) is 4.31. The van der Waals surface area contributed by atoms with Gasteiger partial charge in [0, 0.05) is 6.07 Å². The molecule has 1 amide bonds. The summed E-state index contributed by atoms with van der Waals surface area (Å²) in [5, 5.41) is 9.61. The van der Waals surface area contributed by atoms with Gasteiger partial charge < -0.3 is 5.32 Å². The summed E-state index contributed by atoms with van der Waals surface area (Å²) >= 11 is 0.923. The van der Waals surface area contributed by atoms with Gasteiger partial charge in [0.05, 0.1) is 23.8 Å². The third-order valence-corrected chi connectivity index (χ3v) is 3.55. The number of halogens is 3. The molecule has 7 nitrogen and oxygen atoms in total. The zero-order valence-electron chi connectivity index (χ0n) is 10.9. The molecule has 3 aromatic heterocycles. The maximum Gasteiger partial charge on any atom is 0.435 e. The first-order valence-corrected chi connectivity index (χ1v) is 6.65. The first-order valence-electron chi connectivity index (χ1n) is 5.87. The van der Waals surface area contributed by atoms with Crippen molar-refractivity contribution in [2.75, 3.05) is 5.32 Å². The van der Waals surface area contributed by atoms with Crippen molar-refractivity contribution in [1.82, 2.24) is 24.2 Å². The minimum absolute atomic E-state index is 0.0287. The first-order chi connectivity index (χ1) is 10.3. The quantitative estimate of drug-likeness (QED) is 0.779. The lowest BCUT2D eigenvalue weighted by Crippen LogP contribution is -2.12. The Bertz CT molecular complexity index is 855. The maximum absolute atomic E-state index is 12.6. The molecule has 0 aromatic carbocycles. The molecule has 3 heterocycles. The van der Waals surface area contributed by atoms with E-state index in [2.05, 4.69) is 25.0 Å². The molecule has 22 heavy (non-hydrogen) atoms. The van der Waals surface area contributed by atoms with E-state index in [-0.39, 0.29) is 11.3 Å². The molecule has 0 aliphatic heterocycles. The summed E-state index contributed by atoms with van der Waals surface area (Å²) in [6, 6.07) is 0.822. The first kappa shape index (κ1) is 14.4. The molecule has 3 aromatic rings. The van der Waals surface area contributed by atoms with Gasteiger partial charge in [-0.2, -0.15) is 18.3 Å². The number of nitrogens with one attached hydrogen (secondary N) is 1. The molecule has 114 valence electrons. The number of fused-ring (bicyclic) bond motifs is 1. The second-order valence-corrected chi connectivity index (χ2v) is 5.07. The van der Waals surface area contributed by atoms with Gasteiger partial charge in [-0.05, 0) is 18.5 Å². The molecular formula is C11H7F3N6OS. The van der Waals surface area contributed by atoms with Crippen molar-refractivity contribution in [1.29, 1.82) is 0 Å². The van der Waals surface area contributed by atoms with Crippen molar-refractivity contribution in [3.8, 4) is 0 Å². The van der Waals surface area contributed by atoms with E-state index in [9.17, 15) is 18.0 Å². The van der Waals surface area contributed by atoms with Crippen LogP contribution in [0.5, 0.6) is 0 Å². The van der Waals surface area contributed by atoms with E-state index in [4.69, 9.17) is 0 Å². The van der Waals surface area contributed by atoms with Crippen LogP contribution < -0.4 is 5.32 Å². The number of aryl methyl sites for hydroxylation is 1. The summed E-state index contributed by atoms with van der Waals surface area (Å²) in [5.74, 6) is -0.461. The van der Waals surface area contributed by atoms with Gasteiger partial charge in [-0.25, -0.2) is 9.50 Å². The molecule has 11 heteroatoms. The van der Waals surface area contributed by atoms with E-state index >= 15 is 0 Å². The van der Waals surface area contributed by atoms with Gasteiger partial charge in [0.1, 0.15) is 4.88 Å². The average Bonchev–Trinajstić information content (AvgIpc) is 3.03. The number of anilines is 1. The number of aromatic nitrogens is 5. The normalized spacial score (nSPS) is 11.8. The van der Waals surface area contributed by atoms with Crippen molar-refractivity contribution < 1.29 is 18.0 Å². The summed E-state index contributed by atoms with van der Waals surface area (Å²) in [6.45, 7) is 1.63. The number of hydrogen-bond acceptors (Lipinski definition) is 6. The lowest BCUT2D eigenvalue weighted by molar-refractivity contribution is -0.141. The van der Waals surface area contributed by atoms with Crippen LogP contribution in [0.1, 0.15) is 21.1 Å². The van der Waals surface area contributed by atoms with Crippen LogP contribution >= 0.6 is 11.5 Å². The summed E-state index contributed by atoms with van der Waals surface area (Å²) in [7, 11) is 0. The highest BCUT2D eigenvalue weighted by Gasteiger charge is 2.34. The molecule has 0 bridgehead atoms. The predicted molar refractivity (Wildman–Crippen MR) is 70.6 cm³/mol. The van der Waals surface area contributed by atoms with Crippen LogP contribution in [0.15, 0.2) is 18.5 Å². The number of rotatable bonds is 2. The third-order valence-electron chi connectivity index (χ3n) is 2.72. The Hall–Kier alpha value is -2.56. The van der Waals surface area contributed by atoms with Crippen LogP contribution in [0.4, 0.5) is 18.9 Å². The molecule has 0 spiro atoms. The van der Waals surface area contributed by atoms with Crippen molar-refractivity contribution >= 4 is 28.8 Å². The van der Waals surface area contributed by atoms with Crippen LogP contribution in [-0.2, 0) is 6.18 Å². The molecule has 1 N–H and O–H groups in total. The Morgan fingerprint density at radius 2 is 2.18 bits per heavy atom. The molecule has 0 saturated heterocycles. The molecular weight excluding hydrogens is 321 g/mol. The van der Waals surface area contributed by atoms with Gasteiger partial charge in [0.2, 0.25) is 0 Å². The van der Waals surface area contributed by atoms with Gasteiger partial charge in [-0.15, -0.1) is 5.10 Å². The lowest BCUT2D eigenvalue weighted by atomic mass is 10.3. The van der Waals surface area contributed by atoms with E-state index in [1.807, 2.05) is 0 Å². The minimum atomic E-state index is -4.55. The number of carbonyl (C=O) groups excluding carboxylic acids is 1. The Kier molecular flexibility index (Phi) is 3.28. The Morgan fingerprint density at radius 3 is 2.82 bits per heavy atom. The summed E-state index contributed by atoms with van der Waals surface area (Å²) in [4.78, 5) is 16.1. The van der Waals surface area contributed by atoms with Gasteiger partial charge >= 0.3 is 6.18 Å². The van der Waals surface area contributed by atoms with Gasteiger partial charge in [0.25, 0.3) is 5.91 Å². The van der Waals surface area contributed by atoms with E-state index in [0.717, 1.165) is 22.1 Å². The van der Waals surface area contributed by atoms with Gasteiger partial charge in [0.15, 0.2) is 11.3 Å². The van der Waals surface area contributed by atoms with E-state index < -0.39 is 17.8 Å². The predicted octanol–water partition coefficient (Wildman–Crippen LogP) is 2.16. The summed E-state index contributed by atoms with van der Waals surface area (Å²) < 4.78 is 42.3. The fourth-order valence-electron chi connectivity index (χ4n) is 1.71. The summed E-state index contributed by atoms with van der Waals surface area (Å²) in [5.41, 5.74) is -0.343. The highest BCUT2D eigenvalue weighted by atomic mass is 32.1. The van der Waals surface area contributed by atoms with Crippen molar-refractivity contribution in [2.24, 2.45) is 0 Å². The SMILES string of the molecule is Cc1nnsc1C(=O)Nc1cnc2cc(C(F)(F)F)nn2c1. The Balaban J connectivity index is 1.89. The van der Waals surface area contributed by atoms with Gasteiger partial charge in [-0.3, -0.25) is 4.79 Å². The third kappa shape index (κ3) is 2.62. The van der Waals surface area contributed by atoms with Crippen LogP contribution in [0.3, 0.4) is 0 Å². The van der Waals surface area contributed by atoms with Crippen molar-refractivity contribution in [3.05, 3.63) is 34.7 Å². The fraction of sp³-hybridized carbons (Fsp3) is 0.182. The van der Waals surface area contributed by atoms with Gasteiger partial charge in [-0.1, -0.05) is 4.49 Å². The van der Waals surface area contributed by atoms with Crippen LogP contribution in [0.25, 0.3) is 5.65 Å². The average molecular weight is 328 g/mol. The van der Waals surface area contributed by atoms with Crippen molar-refractivity contribution in [2.45, 2.75) is 13.1 Å². The second kappa shape index (κ2) is 5.02. The Labute approximate surface area is 125 Å². The molecule has 3 rings (SSSR count). The number of amides is 1. The standard InChI is InChI=1S/C11H7F3N6OS/c1-5-9(22-19-17-5)10(21)16-6-3-15-8-2-7(11(12,13)14)18-20(8)4-6/h2-4H,1H3,(H,16,21). The molecule has 0 aliphatic carbocycles. The maximum atomic E-state index is 12.6. The smallest absolute Gasteiger partial charge is 0.319 e. The highest BCUT2D eigenvalue weighted by molar-refractivity contribution is 7.08. The molecule has 0 fully saturated rings. The highest BCUT2D eigenvalue weighted by Crippen LogP contribution is 2.28. The van der Waals surface area contributed by atoms with E-state index in [0.29, 0.717) is 10.6 Å². The lowest BCUT2D eigenvalue weighted by Gasteiger charge is -2.03. The summed E-state index contributed by atoms with van der Waals surface area (Å²) in [6.07, 6.45) is -2.05. The molecule has 0 saturated carbocycles. The largest absolute Gasteiger partial charge is 0.435 e. The number of hydrogen-bond donors (Lipinski definition) is 1. The van der Waals surface area contributed by atoms with Crippen LogP contribution in [-0.4, -0.2) is 30.1 Å². The number of alkyl halides is 3. The van der Waals surface area contributed by atoms with E-state index in [1.54, 1.807) is 6.92 Å². The van der Waals surface area contributed by atoms with E-state index in [1.165, 1.54) is 12.4 Å². The molecule has 0 aliphatic rings. The molecule has 0 atom stereocenters. The van der Waals surface area contributed by atoms with Crippen LogP contribution in [0.2, 0.25) is 0 Å². The zero-order valence-corrected chi connectivity index (χ0v) is 11.7. The zero-order chi connectivity index (χ0) is 15.9. The van der Waals surface area contributed by atoms with Crippen LogP contribution in [0, 0.1) is 6.92 Å².